The van der Waals surface area contributed by atoms with Crippen LogP contribution in [0.4, 0.5) is 5.82 Å². The van der Waals surface area contributed by atoms with E-state index in [0.29, 0.717) is 18.8 Å². The highest BCUT2D eigenvalue weighted by molar-refractivity contribution is 6.00. The van der Waals surface area contributed by atoms with Crippen LogP contribution in [0.3, 0.4) is 0 Å². The van der Waals surface area contributed by atoms with Crippen LogP contribution in [0.1, 0.15) is 6.42 Å². The maximum absolute atomic E-state index is 11.7. The highest BCUT2D eigenvalue weighted by Crippen LogP contribution is 2.34. The van der Waals surface area contributed by atoms with Crippen molar-refractivity contribution < 1.29 is 9.53 Å². The monoisotopic (exact) mass is 347 g/mol. The van der Waals surface area contributed by atoms with Gasteiger partial charge in [0.2, 0.25) is 5.91 Å². The number of benzene rings is 2. The van der Waals surface area contributed by atoms with Gasteiger partial charge in [-0.25, -0.2) is 4.98 Å². The van der Waals surface area contributed by atoms with Crippen molar-refractivity contribution in [3.05, 3.63) is 54.7 Å². The number of ether oxygens (including phenoxy) is 1. The van der Waals surface area contributed by atoms with Crippen molar-refractivity contribution in [1.29, 1.82) is 0 Å². The zero-order chi connectivity index (χ0) is 18.1. The highest BCUT2D eigenvalue weighted by Gasteiger charge is 2.27. The number of likely N-dealkylation sites (tertiary alicyclic amines) is 1. The third kappa shape index (κ3) is 3.08. The van der Waals surface area contributed by atoms with Crippen LogP contribution in [0.15, 0.2) is 54.7 Å². The van der Waals surface area contributed by atoms with Crippen LogP contribution in [0, 0.1) is 5.92 Å². The topological polar surface area (TPSA) is 68.5 Å². The van der Waals surface area contributed by atoms with Crippen molar-refractivity contribution in [1.82, 2.24) is 9.88 Å². The molecule has 2 heterocycles. The predicted octanol–water partition coefficient (Wildman–Crippen LogP) is 3.34. The average molecular weight is 347 g/mol. The van der Waals surface area contributed by atoms with Crippen molar-refractivity contribution in [3.63, 3.8) is 0 Å². The fourth-order valence-corrected chi connectivity index (χ4v) is 3.49. The van der Waals surface area contributed by atoms with E-state index in [1.807, 2.05) is 37.4 Å². The first-order valence-corrected chi connectivity index (χ1v) is 8.72. The Labute approximate surface area is 152 Å². The molecule has 1 amide bonds. The molecule has 1 fully saturated rings. The Morgan fingerprint density at radius 3 is 2.65 bits per heavy atom. The Bertz CT molecular complexity index is 953. The number of nitrogens with two attached hydrogens (primary N) is 1. The molecule has 3 aromatic rings. The number of fused-ring (bicyclic) bond motifs is 1. The molecule has 0 radical (unpaired) electrons. The van der Waals surface area contributed by atoms with Crippen molar-refractivity contribution in [2.24, 2.45) is 5.92 Å². The van der Waals surface area contributed by atoms with Crippen LogP contribution in [-0.4, -0.2) is 36.0 Å². The number of carbonyl (C=O) groups excluding carboxylic acids is 1. The van der Waals surface area contributed by atoms with E-state index in [0.717, 1.165) is 34.2 Å². The van der Waals surface area contributed by atoms with Crippen LogP contribution < -0.4 is 10.5 Å². The Balaban J connectivity index is 1.64. The number of pyridine rings is 1. The van der Waals surface area contributed by atoms with Crippen molar-refractivity contribution in [3.8, 4) is 16.9 Å². The highest BCUT2D eigenvalue weighted by atomic mass is 16.5. The number of hydrogen-bond acceptors (Lipinski definition) is 4. The van der Waals surface area contributed by atoms with Gasteiger partial charge in [0, 0.05) is 43.1 Å². The number of carbonyl (C=O) groups is 1. The second kappa shape index (κ2) is 6.67. The second-order valence-electron chi connectivity index (χ2n) is 6.78. The van der Waals surface area contributed by atoms with Gasteiger partial charge in [0.1, 0.15) is 11.6 Å². The first kappa shape index (κ1) is 16.4. The summed E-state index contributed by atoms with van der Waals surface area (Å²) >= 11 is 0. The van der Waals surface area contributed by atoms with Crippen LogP contribution in [0.2, 0.25) is 0 Å². The minimum absolute atomic E-state index is 0.189. The Kier molecular flexibility index (Phi) is 4.21. The quantitative estimate of drug-likeness (QED) is 0.786. The third-order valence-corrected chi connectivity index (χ3v) is 4.88. The summed E-state index contributed by atoms with van der Waals surface area (Å²) in [4.78, 5) is 17.7. The number of amides is 1. The summed E-state index contributed by atoms with van der Waals surface area (Å²) < 4.78 is 6.10. The summed E-state index contributed by atoms with van der Waals surface area (Å²) in [5.74, 6) is 1.78. The molecule has 26 heavy (non-hydrogen) atoms. The number of anilines is 1. The molecule has 5 nitrogen and oxygen atoms in total. The van der Waals surface area contributed by atoms with Crippen LogP contribution >= 0.6 is 0 Å². The molecule has 0 spiro atoms. The molecule has 1 unspecified atom stereocenters. The van der Waals surface area contributed by atoms with E-state index in [-0.39, 0.29) is 11.8 Å². The lowest BCUT2D eigenvalue weighted by Crippen LogP contribution is -2.20. The summed E-state index contributed by atoms with van der Waals surface area (Å²) in [6.07, 6.45) is 2.35. The molecule has 5 heteroatoms. The summed E-state index contributed by atoms with van der Waals surface area (Å²) in [6, 6.07) is 16.0. The summed E-state index contributed by atoms with van der Waals surface area (Å²) in [6.45, 7) is 1.30. The maximum Gasteiger partial charge on any atom is 0.222 e. The van der Waals surface area contributed by atoms with Crippen molar-refractivity contribution >= 4 is 22.5 Å². The molecule has 1 aliphatic rings. The predicted molar refractivity (Wildman–Crippen MR) is 103 cm³/mol. The summed E-state index contributed by atoms with van der Waals surface area (Å²) in [7, 11) is 1.84. The molecular weight excluding hydrogens is 326 g/mol. The maximum atomic E-state index is 11.7. The van der Waals surface area contributed by atoms with Crippen molar-refractivity contribution in [2.75, 3.05) is 25.9 Å². The lowest BCUT2D eigenvalue weighted by atomic mass is 9.99. The van der Waals surface area contributed by atoms with Gasteiger partial charge in [0.15, 0.2) is 0 Å². The van der Waals surface area contributed by atoms with Gasteiger partial charge in [-0.15, -0.1) is 0 Å². The number of nitrogen functional groups attached to an aromatic ring is 1. The van der Waals surface area contributed by atoms with Crippen LogP contribution in [-0.2, 0) is 4.79 Å². The first-order chi connectivity index (χ1) is 12.6. The number of aromatic nitrogens is 1. The van der Waals surface area contributed by atoms with E-state index >= 15 is 0 Å². The van der Waals surface area contributed by atoms with Gasteiger partial charge in [-0.3, -0.25) is 4.79 Å². The molecule has 0 aliphatic carbocycles. The molecular formula is C21H21N3O2. The average Bonchev–Trinajstić information content (AvgIpc) is 2.98. The largest absolute Gasteiger partial charge is 0.493 e. The minimum Gasteiger partial charge on any atom is -0.493 e. The molecule has 4 rings (SSSR count). The van der Waals surface area contributed by atoms with E-state index in [1.54, 1.807) is 11.1 Å². The van der Waals surface area contributed by atoms with E-state index in [2.05, 4.69) is 23.2 Å². The van der Waals surface area contributed by atoms with Crippen LogP contribution in [0.25, 0.3) is 21.9 Å². The zero-order valence-electron chi connectivity index (χ0n) is 14.7. The molecule has 132 valence electrons. The summed E-state index contributed by atoms with van der Waals surface area (Å²) in [5.41, 5.74) is 7.81. The van der Waals surface area contributed by atoms with E-state index < -0.39 is 0 Å². The lowest BCUT2D eigenvalue weighted by Gasteiger charge is -2.15. The van der Waals surface area contributed by atoms with E-state index in [4.69, 9.17) is 10.5 Å². The number of rotatable bonds is 4. The standard InChI is InChI=1S/C21H21N3O2/c1-24-12-14(10-21(24)25)13-26-19-8-7-16(15-6-9-20(22)23-11-15)17-4-2-3-5-18(17)19/h2-9,11,14H,10,12-13H2,1H3,(H2,22,23). The minimum atomic E-state index is 0.189. The molecule has 2 N–H and O–H groups in total. The normalized spacial score (nSPS) is 17.0. The zero-order valence-corrected chi connectivity index (χ0v) is 14.7. The van der Waals surface area contributed by atoms with Gasteiger partial charge in [-0.1, -0.05) is 24.3 Å². The molecule has 2 aromatic carbocycles. The smallest absolute Gasteiger partial charge is 0.222 e. The Hall–Kier alpha value is -3.08. The molecule has 1 aliphatic heterocycles. The molecule has 0 saturated carbocycles. The Morgan fingerprint density at radius 2 is 1.96 bits per heavy atom. The number of nitrogens with zero attached hydrogens (tertiary/aromatic N) is 2. The van der Waals surface area contributed by atoms with Gasteiger partial charge in [-0.05, 0) is 35.2 Å². The van der Waals surface area contributed by atoms with E-state index in [1.165, 1.54) is 0 Å². The summed E-state index contributed by atoms with van der Waals surface area (Å²) in [5, 5.41) is 2.16. The second-order valence-corrected chi connectivity index (χ2v) is 6.78. The van der Waals surface area contributed by atoms with Gasteiger partial charge in [-0.2, -0.15) is 0 Å². The van der Waals surface area contributed by atoms with Crippen LogP contribution in [0.5, 0.6) is 5.75 Å². The fourth-order valence-electron chi connectivity index (χ4n) is 3.49. The fraction of sp³-hybridized carbons (Fsp3) is 0.238. The SMILES string of the molecule is CN1CC(COc2ccc(-c3ccc(N)nc3)c3ccccc23)CC1=O. The van der Waals surface area contributed by atoms with E-state index in [9.17, 15) is 4.79 Å². The van der Waals surface area contributed by atoms with Gasteiger partial charge < -0.3 is 15.4 Å². The van der Waals surface area contributed by atoms with Crippen molar-refractivity contribution in [2.45, 2.75) is 6.42 Å². The molecule has 0 bridgehead atoms. The van der Waals surface area contributed by atoms with Gasteiger partial charge >= 0.3 is 0 Å². The van der Waals surface area contributed by atoms with Gasteiger partial charge in [0.25, 0.3) is 0 Å². The first-order valence-electron chi connectivity index (χ1n) is 8.72. The molecule has 1 atom stereocenters. The third-order valence-electron chi connectivity index (χ3n) is 4.88. The Morgan fingerprint density at radius 1 is 1.15 bits per heavy atom. The lowest BCUT2D eigenvalue weighted by molar-refractivity contribution is -0.126. The molecule has 1 saturated heterocycles. The molecule has 1 aromatic heterocycles. The number of hydrogen-bond donors (Lipinski definition) is 1. The van der Waals surface area contributed by atoms with Gasteiger partial charge in [0.05, 0.1) is 6.61 Å².